The van der Waals surface area contributed by atoms with Crippen molar-refractivity contribution in [3.05, 3.63) is 24.0 Å². The van der Waals surface area contributed by atoms with Gasteiger partial charge in [-0.25, -0.2) is 8.42 Å². The number of rotatable bonds is 4. The van der Waals surface area contributed by atoms with Gasteiger partial charge in [0.2, 0.25) is 0 Å². The van der Waals surface area contributed by atoms with Gasteiger partial charge in [0.25, 0.3) is 5.91 Å². The van der Waals surface area contributed by atoms with Crippen LogP contribution in [0.15, 0.2) is 18.3 Å². The highest BCUT2D eigenvalue weighted by Crippen LogP contribution is 2.19. The van der Waals surface area contributed by atoms with Crippen molar-refractivity contribution in [3.63, 3.8) is 0 Å². The molecule has 7 nitrogen and oxygen atoms in total. The Kier molecular flexibility index (Phi) is 3.61. The average Bonchev–Trinajstić information content (AvgIpc) is 2.94. The van der Waals surface area contributed by atoms with E-state index in [9.17, 15) is 18.0 Å². The second-order valence-corrected chi connectivity index (χ2v) is 6.70. The molecule has 1 aromatic rings. The molecule has 19 heavy (non-hydrogen) atoms. The zero-order valence-electron chi connectivity index (χ0n) is 10.1. The number of nitrogens with one attached hydrogen (secondary N) is 1. The van der Waals surface area contributed by atoms with Crippen molar-refractivity contribution < 1.29 is 23.1 Å². The fourth-order valence-electron chi connectivity index (χ4n) is 2.15. The number of carbonyl (C=O) groups is 2. The van der Waals surface area contributed by atoms with Gasteiger partial charge in [0.1, 0.15) is 12.2 Å². The monoisotopic (exact) mass is 286 g/mol. The molecule has 1 unspecified atom stereocenters. The smallest absolute Gasteiger partial charge is 0.323 e. The van der Waals surface area contributed by atoms with E-state index < -0.39 is 34.3 Å². The third kappa shape index (κ3) is 3.14. The maximum Gasteiger partial charge on any atom is 0.323 e. The zero-order chi connectivity index (χ0) is 14.0. The Balaban J connectivity index is 2.21. The summed E-state index contributed by atoms with van der Waals surface area (Å²) in [6, 6.07) is 2.58. The minimum Gasteiger partial charge on any atom is -0.480 e. The number of amides is 1. The Labute approximate surface area is 110 Å². The van der Waals surface area contributed by atoms with Crippen molar-refractivity contribution in [2.24, 2.45) is 0 Å². The quantitative estimate of drug-likeness (QED) is 0.792. The van der Waals surface area contributed by atoms with Crippen molar-refractivity contribution in [1.29, 1.82) is 0 Å². The van der Waals surface area contributed by atoms with Crippen LogP contribution in [0, 0.1) is 0 Å². The summed E-state index contributed by atoms with van der Waals surface area (Å²) < 4.78 is 22.9. The van der Waals surface area contributed by atoms with Gasteiger partial charge in [0.15, 0.2) is 9.84 Å². The molecule has 0 saturated carbocycles. The standard InChI is InChI=1S/C11H14N2O5S/c14-10(15)6-13(8-3-5-19(17,18)7-8)11(16)9-2-1-4-12-9/h1-2,4,8,12H,3,5-7H2,(H,14,15). The largest absolute Gasteiger partial charge is 0.480 e. The summed E-state index contributed by atoms with van der Waals surface area (Å²) in [5, 5.41) is 8.87. The highest BCUT2D eigenvalue weighted by atomic mass is 32.2. The van der Waals surface area contributed by atoms with Crippen LogP contribution in [0.3, 0.4) is 0 Å². The molecule has 1 fully saturated rings. The van der Waals surface area contributed by atoms with Crippen LogP contribution in [0.25, 0.3) is 0 Å². The Morgan fingerprint density at radius 3 is 2.68 bits per heavy atom. The lowest BCUT2D eigenvalue weighted by Crippen LogP contribution is -2.44. The molecular weight excluding hydrogens is 272 g/mol. The maximum atomic E-state index is 12.2. The fourth-order valence-corrected chi connectivity index (χ4v) is 3.88. The molecule has 0 spiro atoms. The molecule has 2 N–H and O–H groups in total. The first-order valence-electron chi connectivity index (χ1n) is 5.75. The van der Waals surface area contributed by atoms with Gasteiger partial charge in [-0.1, -0.05) is 0 Å². The number of aliphatic carboxylic acids is 1. The highest BCUT2D eigenvalue weighted by molar-refractivity contribution is 7.91. The van der Waals surface area contributed by atoms with Gasteiger partial charge in [-0.15, -0.1) is 0 Å². The second-order valence-electron chi connectivity index (χ2n) is 4.47. The number of sulfone groups is 1. The van der Waals surface area contributed by atoms with Crippen molar-refractivity contribution in [1.82, 2.24) is 9.88 Å². The molecule has 1 aromatic heterocycles. The number of carboxylic acids is 1. The van der Waals surface area contributed by atoms with Gasteiger partial charge in [-0.3, -0.25) is 9.59 Å². The van der Waals surface area contributed by atoms with Crippen molar-refractivity contribution in [2.45, 2.75) is 12.5 Å². The maximum absolute atomic E-state index is 12.2. The molecule has 0 bridgehead atoms. The Hall–Kier alpha value is -1.83. The lowest BCUT2D eigenvalue weighted by atomic mass is 10.2. The molecule has 2 rings (SSSR count). The van der Waals surface area contributed by atoms with E-state index in [0.717, 1.165) is 4.90 Å². The molecular formula is C11H14N2O5S. The number of aromatic amines is 1. The molecule has 0 aliphatic carbocycles. The second kappa shape index (κ2) is 5.04. The van der Waals surface area contributed by atoms with Crippen LogP contribution in [0.2, 0.25) is 0 Å². The van der Waals surface area contributed by atoms with E-state index >= 15 is 0 Å². The van der Waals surface area contributed by atoms with E-state index in [2.05, 4.69) is 4.98 Å². The Morgan fingerprint density at radius 1 is 1.47 bits per heavy atom. The Bertz CT molecular complexity index is 578. The van der Waals surface area contributed by atoms with E-state index in [1.807, 2.05) is 0 Å². The zero-order valence-corrected chi connectivity index (χ0v) is 10.9. The molecule has 2 heterocycles. The van der Waals surface area contributed by atoms with Crippen LogP contribution in [0.5, 0.6) is 0 Å². The third-order valence-corrected chi connectivity index (χ3v) is 4.79. The van der Waals surface area contributed by atoms with Crippen LogP contribution in [0.4, 0.5) is 0 Å². The summed E-state index contributed by atoms with van der Waals surface area (Å²) in [6.07, 6.45) is 1.83. The van der Waals surface area contributed by atoms with Gasteiger partial charge >= 0.3 is 5.97 Å². The number of hydrogen-bond acceptors (Lipinski definition) is 4. The van der Waals surface area contributed by atoms with Crippen LogP contribution < -0.4 is 0 Å². The fraction of sp³-hybridized carbons (Fsp3) is 0.455. The van der Waals surface area contributed by atoms with Crippen LogP contribution in [-0.4, -0.2) is 59.4 Å². The molecule has 1 amide bonds. The van der Waals surface area contributed by atoms with E-state index in [-0.39, 0.29) is 23.6 Å². The molecule has 1 aliphatic heterocycles. The average molecular weight is 286 g/mol. The number of carboxylic acid groups (broad SMARTS) is 1. The molecule has 104 valence electrons. The molecule has 0 radical (unpaired) electrons. The minimum absolute atomic E-state index is 0.00814. The third-order valence-electron chi connectivity index (χ3n) is 3.04. The first kappa shape index (κ1) is 13.6. The topological polar surface area (TPSA) is 108 Å². The summed E-state index contributed by atoms with van der Waals surface area (Å²) >= 11 is 0. The molecule has 1 atom stereocenters. The van der Waals surface area contributed by atoms with Gasteiger partial charge in [0, 0.05) is 12.2 Å². The number of carbonyl (C=O) groups excluding carboxylic acids is 1. The van der Waals surface area contributed by atoms with E-state index in [1.54, 1.807) is 12.3 Å². The van der Waals surface area contributed by atoms with E-state index in [0.29, 0.717) is 0 Å². The van der Waals surface area contributed by atoms with Crippen molar-refractivity contribution in [3.8, 4) is 0 Å². The van der Waals surface area contributed by atoms with Crippen LogP contribution in [0.1, 0.15) is 16.9 Å². The van der Waals surface area contributed by atoms with Crippen molar-refractivity contribution >= 4 is 21.7 Å². The summed E-state index contributed by atoms with van der Waals surface area (Å²) in [6.45, 7) is -0.502. The Morgan fingerprint density at radius 2 is 2.21 bits per heavy atom. The molecule has 0 aromatic carbocycles. The van der Waals surface area contributed by atoms with Gasteiger partial charge in [-0.05, 0) is 18.6 Å². The van der Waals surface area contributed by atoms with Crippen molar-refractivity contribution in [2.75, 3.05) is 18.1 Å². The normalized spacial score (nSPS) is 21.2. The summed E-state index contributed by atoms with van der Waals surface area (Å²) in [5.41, 5.74) is 0.255. The first-order valence-corrected chi connectivity index (χ1v) is 7.58. The van der Waals surface area contributed by atoms with E-state index in [1.165, 1.54) is 6.07 Å². The van der Waals surface area contributed by atoms with Gasteiger partial charge < -0.3 is 15.0 Å². The molecule has 8 heteroatoms. The molecule has 1 saturated heterocycles. The summed E-state index contributed by atoms with van der Waals surface area (Å²) in [7, 11) is -3.18. The number of nitrogens with zero attached hydrogens (tertiary/aromatic N) is 1. The number of hydrogen-bond donors (Lipinski definition) is 2. The number of aromatic nitrogens is 1. The summed E-state index contributed by atoms with van der Waals surface area (Å²) in [4.78, 5) is 26.8. The first-order chi connectivity index (χ1) is 8.89. The predicted octanol–water partition coefficient (Wildman–Crippen LogP) is -0.271. The lowest BCUT2D eigenvalue weighted by molar-refractivity contribution is -0.138. The van der Waals surface area contributed by atoms with Crippen LogP contribution in [-0.2, 0) is 14.6 Å². The predicted molar refractivity (Wildman–Crippen MR) is 66.5 cm³/mol. The SMILES string of the molecule is O=C(O)CN(C(=O)c1ccc[nH]1)C1CCS(=O)(=O)C1. The number of H-pyrrole nitrogens is 1. The lowest BCUT2D eigenvalue weighted by Gasteiger charge is -2.26. The van der Waals surface area contributed by atoms with Gasteiger partial charge in [0.05, 0.1) is 11.5 Å². The van der Waals surface area contributed by atoms with Crippen LogP contribution >= 0.6 is 0 Å². The highest BCUT2D eigenvalue weighted by Gasteiger charge is 2.36. The van der Waals surface area contributed by atoms with Gasteiger partial charge in [-0.2, -0.15) is 0 Å². The molecule has 1 aliphatic rings. The minimum atomic E-state index is -3.18. The van der Waals surface area contributed by atoms with E-state index in [4.69, 9.17) is 5.11 Å². The summed E-state index contributed by atoms with van der Waals surface area (Å²) in [5.74, 6) is -1.84.